The molecule has 1 aliphatic rings. The van der Waals surface area contributed by atoms with Gasteiger partial charge in [-0.3, -0.25) is 14.7 Å². The van der Waals surface area contributed by atoms with Gasteiger partial charge in [-0.15, -0.1) is 0 Å². The van der Waals surface area contributed by atoms with Gasteiger partial charge in [0.25, 0.3) is 5.91 Å². The SMILES string of the molecule is O=C(NCCCN1CCCCCC1=O)c1cccc2cn[nH]c12. The molecule has 2 N–H and O–H groups in total. The molecule has 0 unspecified atom stereocenters. The number of likely N-dealkylation sites (tertiary alicyclic amines) is 1. The molecule has 1 aliphatic heterocycles. The fourth-order valence-electron chi connectivity index (χ4n) is 3.00. The van der Waals surface area contributed by atoms with Crippen LogP contribution in [0.25, 0.3) is 10.9 Å². The number of nitrogens with zero attached hydrogens (tertiary/aromatic N) is 2. The maximum absolute atomic E-state index is 12.3. The first-order valence-electron chi connectivity index (χ1n) is 8.24. The standard InChI is InChI=1S/C17H22N4O2/c22-15-8-2-1-3-10-21(15)11-5-9-18-17(23)14-7-4-6-13-12-19-20-16(13)14/h4,6-7,12H,1-3,5,8-11H2,(H,18,23)(H,19,20). The van der Waals surface area contributed by atoms with Gasteiger partial charge in [0.1, 0.15) is 0 Å². The third-order valence-corrected chi connectivity index (χ3v) is 4.28. The summed E-state index contributed by atoms with van der Waals surface area (Å²) in [6, 6.07) is 5.55. The summed E-state index contributed by atoms with van der Waals surface area (Å²) in [4.78, 5) is 26.1. The summed E-state index contributed by atoms with van der Waals surface area (Å²) in [5.74, 6) is 0.137. The van der Waals surface area contributed by atoms with E-state index in [1.165, 1.54) is 0 Å². The van der Waals surface area contributed by atoms with Crippen molar-refractivity contribution < 1.29 is 9.59 Å². The van der Waals surface area contributed by atoms with Crippen LogP contribution in [0.3, 0.4) is 0 Å². The molecule has 1 aromatic carbocycles. The van der Waals surface area contributed by atoms with Gasteiger partial charge in [-0.05, 0) is 25.3 Å². The Hall–Kier alpha value is -2.37. The number of hydrogen-bond acceptors (Lipinski definition) is 3. The van der Waals surface area contributed by atoms with Crippen LogP contribution < -0.4 is 5.32 Å². The molecule has 0 spiro atoms. The van der Waals surface area contributed by atoms with E-state index in [1.54, 1.807) is 12.3 Å². The number of para-hydroxylation sites is 1. The van der Waals surface area contributed by atoms with Crippen LogP contribution >= 0.6 is 0 Å². The Morgan fingerprint density at radius 3 is 3.13 bits per heavy atom. The summed E-state index contributed by atoms with van der Waals surface area (Å²) in [6.07, 6.45) is 6.36. The number of benzene rings is 1. The third kappa shape index (κ3) is 3.70. The minimum absolute atomic E-state index is 0.109. The van der Waals surface area contributed by atoms with E-state index < -0.39 is 0 Å². The summed E-state index contributed by atoms with van der Waals surface area (Å²) >= 11 is 0. The number of H-pyrrole nitrogens is 1. The number of carbonyl (C=O) groups is 2. The summed E-state index contributed by atoms with van der Waals surface area (Å²) in [5.41, 5.74) is 1.36. The van der Waals surface area contributed by atoms with Crippen LogP contribution in [0.4, 0.5) is 0 Å². The second kappa shape index (κ2) is 7.26. The molecule has 1 aromatic heterocycles. The van der Waals surface area contributed by atoms with Crippen LogP contribution in [-0.2, 0) is 4.79 Å². The van der Waals surface area contributed by atoms with Gasteiger partial charge >= 0.3 is 0 Å². The maximum Gasteiger partial charge on any atom is 0.253 e. The molecule has 0 atom stereocenters. The molecule has 2 heterocycles. The first-order valence-corrected chi connectivity index (χ1v) is 8.24. The van der Waals surface area contributed by atoms with Crippen LogP contribution in [0.5, 0.6) is 0 Å². The van der Waals surface area contributed by atoms with Crippen molar-refractivity contribution in [3.63, 3.8) is 0 Å². The number of aromatic amines is 1. The molecule has 23 heavy (non-hydrogen) atoms. The number of aromatic nitrogens is 2. The Labute approximate surface area is 135 Å². The Kier molecular flexibility index (Phi) is 4.90. The van der Waals surface area contributed by atoms with Crippen LogP contribution in [0.1, 0.15) is 42.5 Å². The van der Waals surface area contributed by atoms with Gasteiger partial charge in [0.15, 0.2) is 0 Å². The molecule has 3 rings (SSSR count). The average Bonchev–Trinajstić information content (AvgIpc) is 2.95. The van der Waals surface area contributed by atoms with E-state index in [0.717, 1.165) is 43.1 Å². The van der Waals surface area contributed by atoms with Crippen LogP contribution in [0.15, 0.2) is 24.4 Å². The van der Waals surface area contributed by atoms with E-state index in [2.05, 4.69) is 15.5 Å². The zero-order chi connectivity index (χ0) is 16.1. The minimum atomic E-state index is -0.109. The van der Waals surface area contributed by atoms with Crippen molar-refractivity contribution >= 4 is 22.7 Å². The van der Waals surface area contributed by atoms with E-state index in [-0.39, 0.29) is 11.8 Å². The number of nitrogens with one attached hydrogen (secondary N) is 2. The van der Waals surface area contributed by atoms with E-state index >= 15 is 0 Å². The molecule has 0 radical (unpaired) electrons. The Bertz CT molecular complexity index is 695. The Balaban J connectivity index is 1.49. The van der Waals surface area contributed by atoms with Gasteiger partial charge in [0, 0.05) is 31.4 Å². The molecule has 6 nitrogen and oxygen atoms in total. The molecule has 2 amide bonds. The second-order valence-electron chi connectivity index (χ2n) is 5.94. The van der Waals surface area contributed by atoms with Crippen molar-refractivity contribution in [2.45, 2.75) is 32.1 Å². The van der Waals surface area contributed by atoms with E-state index in [9.17, 15) is 9.59 Å². The van der Waals surface area contributed by atoms with Gasteiger partial charge < -0.3 is 10.2 Å². The van der Waals surface area contributed by atoms with Gasteiger partial charge in [0.2, 0.25) is 5.91 Å². The predicted molar refractivity (Wildman–Crippen MR) is 88.1 cm³/mol. The molecule has 0 aliphatic carbocycles. The van der Waals surface area contributed by atoms with Crippen molar-refractivity contribution in [3.8, 4) is 0 Å². The van der Waals surface area contributed by atoms with Gasteiger partial charge in [-0.1, -0.05) is 18.6 Å². The van der Waals surface area contributed by atoms with Crippen LogP contribution in [-0.4, -0.2) is 46.5 Å². The highest BCUT2D eigenvalue weighted by Crippen LogP contribution is 2.15. The lowest BCUT2D eigenvalue weighted by Gasteiger charge is -2.20. The molecule has 2 aromatic rings. The summed E-state index contributed by atoms with van der Waals surface area (Å²) in [5, 5.41) is 10.7. The van der Waals surface area contributed by atoms with Crippen molar-refractivity contribution in [1.29, 1.82) is 0 Å². The maximum atomic E-state index is 12.3. The van der Waals surface area contributed by atoms with Gasteiger partial charge in [0.05, 0.1) is 17.3 Å². The molecule has 0 bridgehead atoms. The number of carbonyl (C=O) groups excluding carboxylic acids is 2. The first-order chi connectivity index (χ1) is 11.3. The fraction of sp³-hybridized carbons (Fsp3) is 0.471. The first kappa shape index (κ1) is 15.5. The second-order valence-corrected chi connectivity index (χ2v) is 5.94. The van der Waals surface area contributed by atoms with Crippen molar-refractivity contribution in [2.75, 3.05) is 19.6 Å². The average molecular weight is 314 g/mol. The van der Waals surface area contributed by atoms with Gasteiger partial charge in [-0.2, -0.15) is 5.10 Å². The minimum Gasteiger partial charge on any atom is -0.352 e. The van der Waals surface area contributed by atoms with Crippen molar-refractivity contribution in [3.05, 3.63) is 30.0 Å². The van der Waals surface area contributed by atoms with E-state index in [0.29, 0.717) is 25.1 Å². The normalized spacial score (nSPS) is 15.7. The number of hydrogen-bond donors (Lipinski definition) is 2. The number of amides is 2. The highest BCUT2D eigenvalue weighted by atomic mass is 16.2. The lowest BCUT2D eigenvalue weighted by molar-refractivity contribution is -0.130. The summed E-state index contributed by atoms with van der Waals surface area (Å²) in [6.45, 7) is 2.13. The van der Waals surface area contributed by atoms with Crippen molar-refractivity contribution in [2.24, 2.45) is 0 Å². The predicted octanol–water partition coefficient (Wildman–Crippen LogP) is 2.09. The highest BCUT2D eigenvalue weighted by Gasteiger charge is 2.16. The zero-order valence-corrected chi connectivity index (χ0v) is 13.2. The van der Waals surface area contributed by atoms with E-state index in [4.69, 9.17) is 0 Å². The Morgan fingerprint density at radius 2 is 2.22 bits per heavy atom. The summed E-state index contributed by atoms with van der Waals surface area (Å²) in [7, 11) is 0. The van der Waals surface area contributed by atoms with Crippen LogP contribution in [0, 0.1) is 0 Å². The third-order valence-electron chi connectivity index (χ3n) is 4.28. The molecule has 122 valence electrons. The molecular formula is C17H22N4O2. The largest absolute Gasteiger partial charge is 0.352 e. The molecule has 0 saturated carbocycles. The quantitative estimate of drug-likeness (QED) is 0.830. The van der Waals surface area contributed by atoms with Crippen molar-refractivity contribution in [1.82, 2.24) is 20.4 Å². The van der Waals surface area contributed by atoms with Crippen LogP contribution in [0.2, 0.25) is 0 Å². The zero-order valence-electron chi connectivity index (χ0n) is 13.2. The molecule has 1 fully saturated rings. The van der Waals surface area contributed by atoms with Gasteiger partial charge in [-0.25, -0.2) is 0 Å². The lowest BCUT2D eigenvalue weighted by atomic mass is 10.1. The lowest BCUT2D eigenvalue weighted by Crippen LogP contribution is -2.34. The number of rotatable bonds is 5. The number of fused-ring (bicyclic) bond motifs is 1. The molecule has 6 heteroatoms. The topological polar surface area (TPSA) is 78.1 Å². The molecular weight excluding hydrogens is 292 g/mol. The fourth-order valence-corrected chi connectivity index (χ4v) is 3.00. The highest BCUT2D eigenvalue weighted by molar-refractivity contribution is 6.05. The summed E-state index contributed by atoms with van der Waals surface area (Å²) < 4.78 is 0. The molecule has 1 saturated heterocycles. The smallest absolute Gasteiger partial charge is 0.253 e. The monoisotopic (exact) mass is 314 g/mol. The van der Waals surface area contributed by atoms with E-state index in [1.807, 2.05) is 17.0 Å². The Morgan fingerprint density at radius 1 is 1.30 bits per heavy atom.